The van der Waals surface area contributed by atoms with Gasteiger partial charge in [0, 0.05) is 13.6 Å². The van der Waals surface area contributed by atoms with Crippen LogP contribution in [-0.2, 0) is 4.79 Å². The highest BCUT2D eigenvalue weighted by Crippen LogP contribution is 2.27. The van der Waals surface area contributed by atoms with Crippen molar-refractivity contribution in [1.29, 1.82) is 0 Å². The van der Waals surface area contributed by atoms with E-state index in [0.29, 0.717) is 12.5 Å². The number of benzene rings is 1. The average Bonchev–Trinajstić information content (AvgIpc) is 3.36. The number of allylic oxidation sites excluding steroid dienone is 1. The Labute approximate surface area is 138 Å². The lowest BCUT2D eigenvalue weighted by atomic mass is 10.1. The fourth-order valence-electron chi connectivity index (χ4n) is 2.15. The number of hydrogen-bond acceptors (Lipinski definition) is 3. The zero-order valence-corrected chi connectivity index (χ0v) is 13.5. The van der Waals surface area contributed by atoms with E-state index >= 15 is 0 Å². The summed E-state index contributed by atoms with van der Waals surface area (Å²) in [6.45, 7) is 2.14. The summed E-state index contributed by atoms with van der Waals surface area (Å²) in [5, 5.41) is 5.09. The van der Waals surface area contributed by atoms with Gasteiger partial charge in [0.05, 0.1) is 5.70 Å². The quantitative estimate of drug-likeness (QED) is 0.783. The summed E-state index contributed by atoms with van der Waals surface area (Å²) in [5.41, 5.74) is -0.604. The van der Waals surface area contributed by atoms with Crippen molar-refractivity contribution in [1.82, 2.24) is 10.6 Å². The monoisotopic (exact) mass is 335 g/mol. The van der Waals surface area contributed by atoms with Gasteiger partial charge in [0.25, 0.3) is 11.8 Å². The van der Waals surface area contributed by atoms with Gasteiger partial charge in [-0.15, -0.1) is 0 Å². The summed E-state index contributed by atoms with van der Waals surface area (Å²) in [7, 11) is 1.41. The number of nitrogens with zero attached hydrogens (tertiary/aromatic N) is 1. The fraction of sp³-hybridized carbons (Fsp3) is 0.353. The van der Waals surface area contributed by atoms with Crippen LogP contribution in [0.2, 0.25) is 0 Å². The first kappa shape index (κ1) is 17.8. The highest BCUT2D eigenvalue weighted by atomic mass is 19.1. The first-order chi connectivity index (χ1) is 11.5. The van der Waals surface area contributed by atoms with E-state index in [2.05, 4.69) is 15.6 Å². The Hall–Kier alpha value is -2.57. The lowest BCUT2D eigenvalue weighted by Gasteiger charge is -2.13. The van der Waals surface area contributed by atoms with Gasteiger partial charge in [-0.1, -0.05) is 12.1 Å². The van der Waals surface area contributed by atoms with Crippen LogP contribution in [0.5, 0.6) is 0 Å². The van der Waals surface area contributed by atoms with Crippen LogP contribution in [0, 0.1) is 17.6 Å². The molecule has 128 valence electrons. The number of rotatable bonds is 6. The molecule has 0 heterocycles. The van der Waals surface area contributed by atoms with E-state index in [1.165, 1.54) is 19.2 Å². The van der Waals surface area contributed by atoms with Gasteiger partial charge in [-0.3, -0.25) is 14.6 Å². The number of nitrogens with one attached hydrogen (secondary N) is 2. The molecule has 0 unspecified atom stereocenters. The molecule has 0 aliphatic heterocycles. The molecule has 1 fully saturated rings. The maximum Gasteiger partial charge on any atom is 0.271 e. The lowest BCUT2D eigenvalue weighted by Crippen LogP contribution is -2.39. The molecule has 2 N–H and O–H groups in total. The Morgan fingerprint density at radius 2 is 1.92 bits per heavy atom. The van der Waals surface area contributed by atoms with E-state index < -0.39 is 29.0 Å². The van der Waals surface area contributed by atoms with Crippen molar-refractivity contribution >= 4 is 17.5 Å². The van der Waals surface area contributed by atoms with Gasteiger partial charge < -0.3 is 10.6 Å². The van der Waals surface area contributed by atoms with Gasteiger partial charge in [0.15, 0.2) is 0 Å². The van der Waals surface area contributed by atoms with E-state index in [9.17, 15) is 18.4 Å². The van der Waals surface area contributed by atoms with E-state index in [0.717, 1.165) is 25.0 Å². The third-order valence-electron chi connectivity index (χ3n) is 3.67. The molecule has 1 aliphatic carbocycles. The Kier molecular flexibility index (Phi) is 5.78. The van der Waals surface area contributed by atoms with Gasteiger partial charge in [-0.05, 0) is 37.8 Å². The van der Waals surface area contributed by atoms with E-state index in [1.54, 1.807) is 6.92 Å². The van der Waals surface area contributed by atoms with Gasteiger partial charge in [0.2, 0.25) is 0 Å². The first-order valence-corrected chi connectivity index (χ1v) is 7.65. The Morgan fingerprint density at radius 1 is 1.29 bits per heavy atom. The minimum absolute atomic E-state index is 0.00301. The van der Waals surface area contributed by atoms with Crippen molar-refractivity contribution < 1.29 is 18.4 Å². The van der Waals surface area contributed by atoms with Crippen molar-refractivity contribution in [2.45, 2.75) is 19.8 Å². The Morgan fingerprint density at radius 3 is 2.42 bits per heavy atom. The molecule has 0 bridgehead atoms. The molecule has 1 aromatic rings. The van der Waals surface area contributed by atoms with Crippen LogP contribution in [0.3, 0.4) is 0 Å². The van der Waals surface area contributed by atoms with Gasteiger partial charge in [0.1, 0.15) is 22.9 Å². The van der Waals surface area contributed by atoms with Gasteiger partial charge in [-0.2, -0.15) is 0 Å². The lowest BCUT2D eigenvalue weighted by molar-refractivity contribution is -0.114. The molecule has 0 aromatic heterocycles. The van der Waals surface area contributed by atoms with Crippen LogP contribution in [0.4, 0.5) is 8.78 Å². The van der Waals surface area contributed by atoms with Crippen LogP contribution in [0.25, 0.3) is 0 Å². The second-order valence-electron chi connectivity index (χ2n) is 5.48. The molecule has 0 saturated heterocycles. The molecule has 7 heteroatoms. The smallest absolute Gasteiger partial charge is 0.271 e. The molecular weight excluding hydrogens is 316 g/mol. The third kappa shape index (κ3) is 4.24. The number of hydrogen-bond donors (Lipinski definition) is 2. The number of amides is 2. The predicted molar refractivity (Wildman–Crippen MR) is 86.7 cm³/mol. The maximum atomic E-state index is 13.7. The molecule has 0 radical (unpaired) electrons. The third-order valence-corrected chi connectivity index (χ3v) is 3.67. The number of halogens is 2. The van der Waals surface area contributed by atoms with E-state index in [1.807, 2.05) is 0 Å². The maximum absolute atomic E-state index is 13.7. The number of carbonyl (C=O) groups is 2. The second-order valence-corrected chi connectivity index (χ2v) is 5.48. The summed E-state index contributed by atoms with van der Waals surface area (Å²) < 4.78 is 27.4. The summed E-state index contributed by atoms with van der Waals surface area (Å²) in [5.74, 6) is -2.88. The largest absolute Gasteiger partial charge is 0.350 e. The minimum Gasteiger partial charge on any atom is -0.350 e. The summed E-state index contributed by atoms with van der Waals surface area (Å²) >= 11 is 0. The Bertz CT molecular complexity index is 690. The van der Waals surface area contributed by atoms with Crippen LogP contribution in [0.1, 0.15) is 30.1 Å². The van der Waals surface area contributed by atoms with E-state index in [4.69, 9.17) is 0 Å². The zero-order chi connectivity index (χ0) is 17.7. The van der Waals surface area contributed by atoms with Crippen LogP contribution in [0.15, 0.2) is 35.0 Å². The van der Waals surface area contributed by atoms with Crippen molar-refractivity contribution in [3.05, 3.63) is 47.2 Å². The van der Waals surface area contributed by atoms with E-state index in [-0.39, 0.29) is 11.4 Å². The topological polar surface area (TPSA) is 70.6 Å². The zero-order valence-electron chi connectivity index (χ0n) is 13.5. The molecule has 1 saturated carbocycles. The summed E-state index contributed by atoms with van der Waals surface area (Å²) in [6, 6.07) is 3.15. The number of aliphatic imine (C=N–C) groups is 1. The van der Waals surface area contributed by atoms with Crippen molar-refractivity contribution in [3.63, 3.8) is 0 Å². The average molecular weight is 335 g/mol. The number of carbonyl (C=O) groups excluding carboxylic acids is 2. The first-order valence-electron chi connectivity index (χ1n) is 7.65. The normalized spacial score (nSPS) is 15.2. The minimum atomic E-state index is -0.977. The van der Waals surface area contributed by atoms with Crippen molar-refractivity contribution in [3.8, 4) is 0 Å². The summed E-state index contributed by atoms with van der Waals surface area (Å²) in [4.78, 5) is 28.2. The fourth-order valence-corrected chi connectivity index (χ4v) is 2.15. The highest BCUT2D eigenvalue weighted by molar-refractivity contribution is 6.45. The van der Waals surface area contributed by atoms with Crippen LogP contribution < -0.4 is 10.6 Å². The molecule has 1 aliphatic rings. The molecular formula is C17H19F2N3O2. The standard InChI is InChI=1S/C17H19F2N3O2/c1-3-13(15(20-2)17(24)21-9-10-7-8-10)22-16(23)14-11(18)5-4-6-12(14)19/h3-6,10H,7-9H2,1-2H3,(H,21,24)(H,22,23)/b13-3+,20-15?. The van der Waals surface area contributed by atoms with Crippen LogP contribution in [-0.4, -0.2) is 31.1 Å². The van der Waals surface area contributed by atoms with Crippen molar-refractivity contribution in [2.75, 3.05) is 13.6 Å². The molecule has 0 atom stereocenters. The van der Waals surface area contributed by atoms with Gasteiger partial charge >= 0.3 is 0 Å². The van der Waals surface area contributed by atoms with Crippen molar-refractivity contribution in [2.24, 2.45) is 10.9 Å². The summed E-state index contributed by atoms with van der Waals surface area (Å²) in [6.07, 6.45) is 3.62. The van der Waals surface area contributed by atoms with Crippen LogP contribution >= 0.6 is 0 Å². The molecule has 2 rings (SSSR count). The predicted octanol–water partition coefficient (Wildman–Crippen LogP) is 2.20. The molecule has 0 spiro atoms. The Balaban J connectivity index is 2.12. The molecule has 5 nitrogen and oxygen atoms in total. The molecule has 2 amide bonds. The second kappa shape index (κ2) is 7.81. The molecule has 24 heavy (non-hydrogen) atoms. The SMILES string of the molecule is C/C=C(/NC(=O)c1c(F)cccc1F)C(=NC)C(=O)NCC1CC1. The molecule has 1 aromatic carbocycles. The highest BCUT2D eigenvalue weighted by Gasteiger charge is 2.25. The van der Waals surface area contributed by atoms with Gasteiger partial charge in [-0.25, -0.2) is 8.78 Å².